The molecule has 2 rings (SSSR count). The minimum atomic E-state index is -0.883. The molecular formula is C15H16FN. The van der Waals surface area contributed by atoms with Crippen LogP contribution in [0.4, 0.5) is 10.1 Å². The normalized spacial score (nSPS) is 12.3. The maximum Gasteiger partial charge on any atom is 0.121 e. The summed E-state index contributed by atoms with van der Waals surface area (Å²) in [5.74, 6) is 0. The van der Waals surface area contributed by atoms with Gasteiger partial charge in [0.25, 0.3) is 0 Å². The van der Waals surface area contributed by atoms with Gasteiger partial charge in [-0.1, -0.05) is 42.5 Å². The van der Waals surface area contributed by atoms with Crippen LogP contribution in [0.2, 0.25) is 0 Å². The lowest BCUT2D eigenvalue weighted by Crippen LogP contribution is -2.14. The van der Waals surface area contributed by atoms with E-state index in [4.69, 9.17) is 0 Å². The van der Waals surface area contributed by atoms with Gasteiger partial charge >= 0.3 is 0 Å². The van der Waals surface area contributed by atoms with E-state index in [9.17, 15) is 4.39 Å². The average Bonchev–Trinajstić information content (AvgIpc) is 2.36. The Kier molecular flexibility index (Phi) is 3.76. The Morgan fingerprint density at radius 1 is 1.18 bits per heavy atom. The highest BCUT2D eigenvalue weighted by Crippen LogP contribution is 2.22. The molecule has 1 atom stereocenters. The second kappa shape index (κ2) is 5.48. The molecule has 0 aliphatic heterocycles. The molecule has 0 spiro atoms. The van der Waals surface area contributed by atoms with Crippen molar-refractivity contribution in [1.29, 1.82) is 0 Å². The Morgan fingerprint density at radius 2 is 1.94 bits per heavy atom. The molecular weight excluding hydrogens is 213 g/mol. The van der Waals surface area contributed by atoms with E-state index in [2.05, 4.69) is 24.0 Å². The standard InChI is InChI=1S/C15H16FN/c1-2-6-13(16)11-17-15-10-5-8-12-7-3-4-9-14(12)15/h2-5,7-10,13,17H,1,6,11H2. The van der Waals surface area contributed by atoms with Crippen molar-refractivity contribution in [1.82, 2.24) is 0 Å². The van der Waals surface area contributed by atoms with Gasteiger partial charge in [0, 0.05) is 17.6 Å². The van der Waals surface area contributed by atoms with E-state index in [0.717, 1.165) is 16.5 Å². The van der Waals surface area contributed by atoms with Crippen LogP contribution >= 0.6 is 0 Å². The summed E-state index contributed by atoms with van der Waals surface area (Å²) in [6.07, 6.45) is 1.11. The molecule has 2 aromatic rings. The Bertz CT molecular complexity index is 502. The minimum Gasteiger partial charge on any atom is -0.382 e. The summed E-state index contributed by atoms with van der Waals surface area (Å²) in [5.41, 5.74) is 0.981. The molecule has 2 heteroatoms. The van der Waals surface area contributed by atoms with Crippen LogP contribution < -0.4 is 5.32 Å². The predicted molar refractivity (Wildman–Crippen MR) is 72.1 cm³/mol. The molecule has 17 heavy (non-hydrogen) atoms. The number of allylic oxidation sites excluding steroid dienone is 1. The lowest BCUT2D eigenvalue weighted by Gasteiger charge is -2.11. The predicted octanol–water partition coefficient (Wildman–Crippen LogP) is 4.17. The summed E-state index contributed by atoms with van der Waals surface area (Å²) < 4.78 is 13.4. The summed E-state index contributed by atoms with van der Waals surface area (Å²) in [6, 6.07) is 14.1. The van der Waals surface area contributed by atoms with E-state index in [-0.39, 0.29) is 0 Å². The van der Waals surface area contributed by atoms with Gasteiger partial charge in [0.05, 0.1) is 0 Å². The van der Waals surface area contributed by atoms with Crippen LogP contribution in [-0.2, 0) is 0 Å². The number of anilines is 1. The Morgan fingerprint density at radius 3 is 2.76 bits per heavy atom. The molecule has 2 aromatic carbocycles. The first-order valence-electron chi connectivity index (χ1n) is 5.78. The number of benzene rings is 2. The van der Waals surface area contributed by atoms with Crippen LogP contribution in [0.1, 0.15) is 6.42 Å². The molecule has 0 radical (unpaired) electrons. The molecule has 0 bridgehead atoms. The smallest absolute Gasteiger partial charge is 0.121 e. The molecule has 0 aliphatic carbocycles. The summed E-state index contributed by atoms with van der Waals surface area (Å²) in [4.78, 5) is 0. The molecule has 0 aromatic heterocycles. The van der Waals surface area contributed by atoms with Crippen molar-refractivity contribution in [2.75, 3.05) is 11.9 Å². The molecule has 1 nitrogen and oxygen atoms in total. The summed E-state index contributed by atoms with van der Waals surface area (Å²) in [5, 5.41) is 5.44. The van der Waals surface area contributed by atoms with Gasteiger partial charge in [0.15, 0.2) is 0 Å². The van der Waals surface area contributed by atoms with Crippen molar-refractivity contribution in [3.63, 3.8) is 0 Å². The van der Waals surface area contributed by atoms with Gasteiger partial charge in [-0.2, -0.15) is 0 Å². The van der Waals surface area contributed by atoms with Gasteiger partial charge in [-0.05, 0) is 17.9 Å². The second-order valence-electron chi connectivity index (χ2n) is 4.03. The van der Waals surface area contributed by atoms with Crippen molar-refractivity contribution in [2.24, 2.45) is 0 Å². The molecule has 0 aliphatic rings. The molecule has 0 saturated heterocycles. The van der Waals surface area contributed by atoms with Gasteiger partial charge in [-0.25, -0.2) is 4.39 Å². The van der Waals surface area contributed by atoms with Crippen LogP contribution in [0.15, 0.2) is 55.1 Å². The fourth-order valence-electron chi connectivity index (χ4n) is 1.86. The first-order valence-corrected chi connectivity index (χ1v) is 5.78. The van der Waals surface area contributed by atoms with E-state index in [0.29, 0.717) is 13.0 Å². The van der Waals surface area contributed by atoms with Gasteiger partial charge in [-0.15, -0.1) is 6.58 Å². The van der Waals surface area contributed by atoms with Crippen LogP contribution in [-0.4, -0.2) is 12.7 Å². The van der Waals surface area contributed by atoms with Crippen molar-refractivity contribution < 1.29 is 4.39 Å². The third-order valence-corrected chi connectivity index (χ3v) is 2.73. The van der Waals surface area contributed by atoms with Crippen molar-refractivity contribution in [2.45, 2.75) is 12.6 Å². The van der Waals surface area contributed by atoms with E-state index >= 15 is 0 Å². The summed E-state index contributed by atoms with van der Waals surface area (Å²) in [7, 11) is 0. The zero-order chi connectivity index (χ0) is 12.1. The summed E-state index contributed by atoms with van der Waals surface area (Å²) >= 11 is 0. The van der Waals surface area contributed by atoms with E-state index in [1.54, 1.807) is 6.08 Å². The third kappa shape index (κ3) is 2.84. The largest absolute Gasteiger partial charge is 0.382 e. The fourth-order valence-corrected chi connectivity index (χ4v) is 1.86. The number of alkyl halides is 1. The fraction of sp³-hybridized carbons (Fsp3) is 0.200. The van der Waals surface area contributed by atoms with E-state index < -0.39 is 6.17 Å². The van der Waals surface area contributed by atoms with Crippen molar-refractivity contribution in [3.8, 4) is 0 Å². The number of hydrogen-bond donors (Lipinski definition) is 1. The zero-order valence-corrected chi connectivity index (χ0v) is 9.70. The van der Waals surface area contributed by atoms with Gasteiger partial charge in [0.1, 0.15) is 6.17 Å². The number of rotatable bonds is 5. The molecule has 0 saturated carbocycles. The number of fused-ring (bicyclic) bond motifs is 1. The molecule has 0 heterocycles. The topological polar surface area (TPSA) is 12.0 Å². The maximum absolute atomic E-state index is 13.4. The zero-order valence-electron chi connectivity index (χ0n) is 9.70. The Balaban J connectivity index is 2.15. The van der Waals surface area contributed by atoms with Crippen molar-refractivity contribution in [3.05, 3.63) is 55.1 Å². The first kappa shape index (κ1) is 11.6. The van der Waals surface area contributed by atoms with Crippen LogP contribution in [0.25, 0.3) is 10.8 Å². The summed E-state index contributed by atoms with van der Waals surface area (Å²) in [6.45, 7) is 3.86. The van der Waals surface area contributed by atoms with Crippen molar-refractivity contribution >= 4 is 16.5 Å². The number of hydrogen-bond acceptors (Lipinski definition) is 1. The van der Waals surface area contributed by atoms with Gasteiger partial charge < -0.3 is 5.32 Å². The second-order valence-corrected chi connectivity index (χ2v) is 4.03. The molecule has 0 fully saturated rings. The Hall–Kier alpha value is -1.83. The highest BCUT2D eigenvalue weighted by molar-refractivity contribution is 5.93. The highest BCUT2D eigenvalue weighted by Gasteiger charge is 2.05. The number of nitrogens with one attached hydrogen (secondary N) is 1. The average molecular weight is 229 g/mol. The van der Waals surface area contributed by atoms with E-state index in [1.165, 1.54) is 0 Å². The third-order valence-electron chi connectivity index (χ3n) is 2.73. The molecule has 88 valence electrons. The van der Waals surface area contributed by atoms with Crippen LogP contribution in [0.5, 0.6) is 0 Å². The molecule has 1 unspecified atom stereocenters. The maximum atomic E-state index is 13.4. The number of halogens is 1. The van der Waals surface area contributed by atoms with Crippen LogP contribution in [0.3, 0.4) is 0 Å². The molecule has 1 N–H and O–H groups in total. The Labute approximate surface area is 101 Å². The quantitative estimate of drug-likeness (QED) is 0.759. The highest BCUT2D eigenvalue weighted by atomic mass is 19.1. The first-order chi connectivity index (χ1) is 8.31. The lowest BCUT2D eigenvalue weighted by atomic mass is 10.1. The van der Waals surface area contributed by atoms with Crippen LogP contribution in [0, 0.1) is 0 Å². The minimum absolute atomic E-state index is 0.319. The van der Waals surface area contributed by atoms with Gasteiger partial charge in [-0.3, -0.25) is 0 Å². The lowest BCUT2D eigenvalue weighted by molar-refractivity contribution is 0.353. The van der Waals surface area contributed by atoms with E-state index in [1.807, 2.05) is 30.3 Å². The van der Waals surface area contributed by atoms with Gasteiger partial charge in [0.2, 0.25) is 0 Å². The monoisotopic (exact) mass is 229 g/mol. The molecule has 0 amide bonds. The SMILES string of the molecule is C=CCC(F)CNc1cccc2ccccc12.